The van der Waals surface area contributed by atoms with Gasteiger partial charge >= 0.3 is 5.97 Å². The highest BCUT2D eigenvalue weighted by Gasteiger charge is 2.23. The van der Waals surface area contributed by atoms with E-state index in [1.54, 1.807) is 20.8 Å². The quantitative estimate of drug-likeness (QED) is 0.566. The Morgan fingerprint density at radius 1 is 1.18 bits per heavy atom. The third-order valence-electron chi connectivity index (χ3n) is 2.08. The third-order valence-corrected chi connectivity index (χ3v) is 2.08. The van der Waals surface area contributed by atoms with Gasteiger partial charge in [-0.2, -0.15) is 0 Å². The molecular formula is C11H23N3O3. The average molecular weight is 245 g/mol. The van der Waals surface area contributed by atoms with Crippen LogP contribution >= 0.6 is 0 Å². The zero-order valence-electron chi connectivity index (χ0n) is 10.9. The number of hydrogen-bond acceptors (Lipinski definition) is 5. The van der Waals surface area contributed by atoms with Crippen LogP contribution in [0.1, 0.15) is 33.6 Å². The molecule has 0 heterocycles. The molecule has 6 heteroatoms. The second-order valence-corrected chi connectivity index (χ2v) is 4.94. The summed E-state index contributed by atoms with van der Waals surface area (Å²) >= 11 is 0. The lowest BCUT2D eigenvalue weighted by Gasteiger charge is -2.22. The monoisotopic (exact) mass is 245 g/mol. The van der Waals surface area contributed by atoms with Crippen molar-refractivity contribution < 1.29 is 14.3 Å². The van der Waals surface area contributed by atoms with Gasteiger partial charge in [0.25, 0.3) is 0 Å². The van der Waals surface area contributed by atoms with E-state index in [2.05, 4.69) is 5.32 Å². The fourth-order valence-electron chi connectivity index (χ4n) is 1.17. The van der Waals surface area contributed by atoms with E-state index in [0.29, 0.717) is 12.8 Å². The number of amides is 1. The van der Waals surface area contributed by atoms with Gasteiger partial charge < -0.3 is 21.5 Å². The number of likely N-dealkylation sites (N-methyl/N-ethyl adjacent to an activating group) is 1. The minimum absolute atomic E-state index is 0.263. The molecule has 0 saturated carbocycles. The summed E-state index contributed by atoms with van der Waals surface area (Å²) in [6.45, 7) is 5.32. The molecule has 17 heavy (non-hydrogen) atoms. The molecule has 1 unspecified atom stereocenters. The van der Waals surface area contributed by atoms with Crippen LogP contribution in [0.15, 0.2) is 0 Å². The Bertz CT molecular complexity index is 274. The van der Waals surface area contributed by atoms with Crippen LogP contribution in [0.3, 0.4) is 0 Å². The molecule has 0 aromatic carbocycles. The van der Waals surface area contributed by atoms with Gasteiger partial charge in [0.2, 0.25) is 5.91 Å². The molecule has 0 radical (unpaired) electrons. The molecule has 5 N–H and O–H groups in total. The Labute approximate surface area is 102 Å². The largest absolute Gasteiger partial charge is 0.459 e. The summed E-state index contributed by atoms with van der Waals surface area (Å²) in [6, 6.07) is -1.39. The van der Waals surface area contributed by atoms with Crippen molar-refractivity contribution in [2.24, 2.45) is 11.5 Å². The van der Waals surface area contributed by atoms with Crippen LogP contribution in [-0.2, 0) is 14.3 Å². The predicted octanol–water partition coefficient (Wildman–Crippen LogP) is -0.491. The van der Waals surface area contributed by atoms with Crippen LogP contribution in [0, 0.1) is 0 Å². The number of nitrogens with one attached hydrogen (secondary N) is 1. The van der Waals surface area contributed by atoms with Crippen molar-refractivity contribution in [1.29, 1.82) is 0 Å². The normalized spacial score (nSPS) is 14.9. The summed E-state index contributed by atoms with van der Waals surface area (Å²) in [6.07, 6.45) is 0.670. The standard InChI is InChI=1S/C11H23N3O3/c1-11(2,3)17-10(16)8(13)6-5-7(12)9(15)14-4/h7-8H,5-6,12-13H2,1-4H3,(H,14,15)/t7-,8?/m0/s1. The number of hydrogen-bond donors (Lipinski definition) is 3. The maximum atomic E-state index is 11.5. The highest BCUT2D eigenvalue weighted by atomic mass is 16.6. The van der Waals surface area contributed by atoms with Crippen molar-refractivity contribution in [2.75, 3.05) is 7.05 Å². The van der Waals surface area contributed by atoms with E-state index >= 15 is 0 Å². The molecule has 2 atom stereocenters. The molecular weight excluding hydrogens is 222 g/mol. The molecule has 0 fully saturated rings. The van der Waals surface area contributed by atoms with E-state index in [0.717, 1.165) is 0 Å². The highest BCUT2D eigenvalue weighted by Crippen LogP contribution is 2.10. The molecule has 0 spiro atoms. The minimum Gasteiger partial charge on any atom is -0.459 e. The van der Waals surface area contributed by atoms with E-state index in [1.807, 2.05) is 0 Å². The lowest BCUT2D eigenvalue weighted by Crippen LogP contribution is -2.42. The minimum atomic E-state index is -0.745. The van der Waals surface area contributed by atoms with Gasteiger partial charge in [-0.25, -0.2) is 0 Å². The van der Waals surface area contributed by atoms with Crippen LogP contribution in [0.2, 0.25) is 0 Å². The first-order valence-corrected chi connectivity index (χ1v) is 5.63. The fraction of sp³-hybridized carbons (Fsp3) is 0.818. The lowest BCUT2D eigenvalue weighted by molar-refractivity contribution is -0.156. The van der Waals surface area contributed by atoms with Crippen LogP contribution < -0.4 is 16.8 Å². The summed E-state index contributed by atoms with van der Waals surface area (Å²) in [5, 5.41) is 2.44. The molecule has 0 rings (SSSR count). The molecule has 100 valence electrons. The number of carbonyl (C=O) groups is 2. The fourth-order valence-corrected chi connectivity index (χ4v) is 1.17. The molecule has 0 bridgehead atoms. The number of rotatable bonds is 5. The Morgan fingerprint density at radius 2 is 1.65 bits per heavy atom. The maximum Gasteiger partial charge on any atom is 0.323 e. The van der Waals surface area contributed by atoms with E-state index in [1.165, 1.54) is 7.05 Å². The number of nitrogens with two attached hydrogens (primary N) is 2. The van der Waals surface area contributed by atoms with Gasteiger partial charge in [-0.15, -0.1) is 0 Å². The van der Waals surface area contributed by atoms with Crippen molar-refractivity contribution in [3.05, 3.63) is 0 Å². The van der Waals surface area contributed by atoms with Gasteiger partial charge in [-0.05, 0) is 33.6 Å². The van der Waals surface area contributed by atoms with E-state index in [9.17, 15) is 9.59 Å². The van der Waals surface area contributed by atoms with Gasteiger partial charge in [0.1, 0.15) is 11.6 Å². The van der Waals surface area contributed by atoms with Crippen molar-refractivity contribution in [3.63, 3.8) is 0 Å². The summed E-state index contributed by atoms with van der Waals surface area (Å²) < 4.78 is 5.11. The van der Waals surface area contributed by atoms with Crippen molar-refractivity contribution in [1.82, 2.24) is 5.32 Å². The second-order valence-electron chi connectivity index (χ2n) is 4.94. The zero-order valence-corrected chi connectivity index (χ0v) is 10.9. The molecule has 0 saturated heterocycles. The Hall–Kier alpha value is -1.14. The van der Waals surface area contributed by atoms with Crippen molar-refractivity contribution in [2.45, 2.75) is 51.3 Å². The van der Waals surface area contributed by atoms with E-state index in [4.69, 9.17) is 16.2 Å². The molecule has 0 aromatic heterocycles. The molecule has 0 aliphatic carbocycles. The van der Waals surface area contributed by atoms with Crippen LogP contribution in [0.4, 0.5) is 0 Å². The van der Waals surface area contributed by atoms with Crippen molar-refractivity contribution in [3.8, 4) is 0 Å². The summed E-state index contributed by atoms with van der Waals surface area (Å²) in [5.74, 6) is -0.733. The van der Waals surface area contributed by atoms with Crippen LogP contribution in [-0.4, -0.2) is 36.6 Å². The number of esters is 1. The first-order chi connectivity index (χ1) is 7.67. The molecule has 6 nitrogen and oxygen atoms in total. The second kappa shape index (κ2) is 6.56. The highest BCUT2D eigenvalue weighted by molar-refractivity contribution is 5.81. The lowest BCUT2D eigenvalue weighted by atomic mass is 10.1. The van der Waals surface area contributed by atoms with Gasteiger partial charge in [0.15, 0.2) is 0 Å². The summed E-state index contributed by atoms with van der Waals surface area (Å²) in [5.41, 5.74) is 10.7. The third kappa shape index (κ3) is 6.91. The van der Waals surface area contributed by atoms with Crippen molar-refractivity contribution >= 4 is 11.9 Å². The summed E-state index contributed by atoms with van der Waals surface area (Å²) in [4.78, 5) is 22.7. The van der Waals surface area contributed by atoms with E-state index < -0.39 is 23.7 Å². The van der Waals surface area contributed by atoms with Gasteiger partial charge in [0.05, 0.1) is 6.04 Å². The maximum absolute atomic E-state index is 11.5. The van der Waals surface area contributed by atoms with E-state index in [-0.39, 0.29) is 5.91 Å². The zero-order chi connectivity index (χ0) is 13.6. The molecule has 0 aromatic rings. The summed E-state index contributed by atoms with van der Waals surface area (Å²) in [7, 11) is 1.51. The topological polar surface area (TPSA) is 107 Å². The average Bonchev–Trinajstić information content (AvgIpc) is 2.21. The first kappa shape index (κ1) is 15.9. The Balaban J connectivity index is 4.06. The van der Waals surface area contributed by atoms with Gasteiger partial charge in [0, 0.05) is 7.05 Å². The predicted molar refractivity (Wildman–Crippen MR) is 65.1 cm³/mol. The molecule has 0 aliphatic rings. The SMILES string of the molecule is CNC(=O)[C@@H](N)CCC(N)C(=O)OC(C)(C)C. The Morgan fingerprint density at radius 3 is 2.06 bits per heavy atom. The van der Waals surface area contributed by atoms with Gasteiger partial charge in [-0.1, -0.05) is 0 Å². The van der Waals surface area contributed by atoms with Crippen LogP contribution in [0.5, 0.6) is 0 Å². The van der Waals surface area contributed by atoms with Crippen LogP contribution in [0.25, 0.3) is 0 Å². The van der Waals surface area contributed by atoms with Gasteiger partial charge in [-0.3, -0.25) is 9.59 Å². The number of ether oxygens (including phenoxy) is 1. The first-order valence-electron chi connectivity index (χ1n) is 5.63. The smallest absolute Gasteiger partial charge is 0.323 e. The number of carbonyl (C=O) groups excluding carboxylic acids is 2. The molecule has 1 amide bonds. The Kier molecular flexibility index (Phi) is 6.12. The molecule has 0 aliphatic heterocycles.